The van der Waals surface area contributed by atoms with Crippen molar-refractivity contribution in [3.63, 3.8) is 0 Å². The lowest BCUT2D eigenvalue weighted by molar-refractivity contribution is -0.274. The van der Waals surface area contributed by atoms with Crippen molar-refractivity contribution in [2.24, 2.45) is 0 Å². The molecule has 1 aliphatic heterocycles. The lowest BCUT2D eigenvalue weighted by Gasteiger charge is -2.28. The number of pyridine rings is 1. The maximum Gasteiger partial charge on any atom is 0.573 e. The monoisotopic (exact) mass is 458 g/mol. The van der Waals surface area contributed by atoms with E-state index in [1.54, 1.807) is 20.9 Å². The summed E-state index contributed by atoms with van der Waals surface area (Å²) >= 11 is 0. The van der Waals surface area contributed by atoms with Crippen LogP contribution in [-0.4, -0.2) is 40.8 Å². The summed E-state index contributed by atoms with van der Waals surface area (Å²) in [5, 5.41) is 3.84. The molecule has 1 saturated heterocycles. The zero-order valence-electron chi connectivity index (χ0n) is 18.1. The summed E-state index contributed by atoms with van der Waals surface area (Å²) < 4.78 is 41.2. The summed E-state index contributed by atoms with van der Waals surface area (Å²) in [5.74, 6) is -0.301. The highest BCUT2D eigenvalue weighted by Crippen LogP contribution is 2.35. The van der Waals surface area contributed by atoms with E-state index < -0.39 is 29.6 Å². The topological polar surface area (TPSA) is 74.8 Å². The fraction of sp³-hybridized carbons (Fsp3) is 0.261. The van der Waals surface area contributed by atoms with Gasteiger partial charge in [-0.25, -0.2) is 14.7 Å². The van der Waals surface area contributed by atoms with Crippen molar-refractivity contribution in [3.8, 4) is 5.75 Å². The van der Waals surface area contributed by atoms with Crippen molar-refractivity contribution in [2.45, 2.75) is 32.3 Å². The van der Waals surface area contributed by atoms with Gasteiger partial charge in [0.2, 0.25) is 0 Å². The number of halogens is 3. The van der Waals surface area contributed by atoms with Crippen molar-refractivity contribution in [2.75, 3.05) is 17.3 Å². The van der Waals surface area contributed by atoms with Gasteiger partial charge >= 0.3 is 12.4 Å². The second-order valence-corrected chi connectivity index (χ2v) is 8.04. The fourth-order valence-electron chi connectivity index (χ4n) is 3.80. The van der Waals surface area contributed by atoms with Gasteiger partial charge in [0, 0.05) is 19.0 Å². The maximum atomic E-state index is 13.3. The molecule has 3 aromatic rings. The van der Waals surface area contributed by atoms with E-state index in [-0.39, 0.29) is 12.2 Å². The Morgan fingerprint density at radius 3 is 2.36 bits per heavy atom. The largest absolute Gasteiger partial charge is 0.573 e. The Kier molecular flexibility index (Phi) is 5.39. The molecule has 0 saturated carbocycles. The number of carbonyl (C=O) groups is 2. The summed E-state index contributed by atoms with van der Waals surface area (Å²) in [6, 6.07) is 13.4. The van der Waals surface area contributed by atoms with Crippen molar-refractivity contribution >= 4 is 34.3 Å². The van der Waals surface area contributed by atoms with Crippen LogP contribution in [0.3, 0.4) is 0 Å². The number of ether oxygens (including phenoxy) is 1. The Morgan fingerprint density at radius 2 is 1.73 bits per heavy atom. The number of alkyl halides is 3. The molecule has 1 aliphatic rings. The number of carbonyl (C=O) groups excluding carboxylic acids is 2. The van der Waals surface area contributed by atoms with Crippen LogP contribution in [0.2, 0.25) is 0 Å². The number of anilines is 2. The number of hydrogen-bond acceptors (Lipinski definition) is 5. The number of imide groups is 1. The van der Waals surface area contributed by atoms with E-state index in [2.05, 4.69) is 15.0 Å². The molecule has 7 nitrogen and oxygen atoms in total. The molecule has 172 valence electrons. The number of urea groups is 1. The van der Waals surface area contributed by atoms with Gasteiger partial charge < -0.3 is 15.0 Å². The molecule has 1 aromatic heterocycles. The van der Waals surface area contributed by atoms with Crippen LogP contribution < -0.4 is 15.0 Å². The molecular weight excluding hydrogens is 437 g/mol. The minimum absolute atomic E-state index is 0.140. The molecule has 0 atom stereocenters. The van der Waals surface area contributed by atoms with Gasteiger partial charge in [0.1, 0.15) is 17.1 Å². The Bertz CT molecular complexity index is 1230. The quantitative estimate of drug-likeness (QED) is 0.550. The number of hydrogen-bond donors (Lipinski definition) is 1. The Labute approximate surface area is 187 Å². The third-order valence-corrected chi connectivity index (χ3v) is 5.54. The first kappa shape index (κ1) is 22.4. The average Bonchev–Trinajstić information content (AvgIpc) is 2.92. The molecule has 1 fully saturated rings. The standard InChI is InChI=1S/C23H21F3N4O3/c1-22(2)20(31)30(15-8-10-16(11-9-15)33-23(24,25)26)21(32)29(22)13-14-12-19(27-3)28-18-7-5-4-6-17(14)18/h4-12H,13H2,1-3H3,(H,27,28). The van der Waals surface area contributed by atoms with E-state index in [0.29, 0.717) is 5.82 Å². The minimum atomic E-state index is -4.83. The molecule has 2 aromatic carbocycles. The van der Waals surface area contributed by atoms with E-state index >= 15 is 0 Å². The lowest BCUT2D eigenvalue weighted by Crippen LogP contribution is -2.43. The highest BCUT2D eigenvalue weighted by molar-refractivity contribution is 6.23. The number of amides is 3. The molecule has 3 amide bonds. The molecule has 2 heterocycles. The third kappa shape index (κ3) is 4.15. The van der Waals surface area contributed by atoms with Crippen LogP contribution in [0.25, 0.3) is 10.9 Å². The molecule has 33 heavy (non-hydrogen) atoms. The summed E-state index contributed by atoms with van der Waals surface area (Å²) in [6.45, 7) is 3.41. The van der Waals surface area contributed by atoms with Crippen LogP contribution in [0, 0.1) is 0 Å². The molecule has 4 rings (SSSR count). The summed E-state index contributed by atoms with van der Waals surface area (Å²) in [5.41, 5.74) is 0.523. The highest BCUT2D eigenvalue weighted by atomic mass is 19.4. The number of nitrogens with one attached hydrogen (secondary N) is 1. The zero-order valence-corrected chi connectivity index (χ0v) is 18.1. The van der Waals surface area contributed by atoms with Crippen LogP contribution in [-0.2, 0) is 11.3 Å². The van der Waals surface area contributed by atoms with E-state index in [0.717, 1.165) is 33.5 Å². The van der Waals surface area contributed by atoms with Gasteiger partial charge in [-0.3, -0.25) is 4.79 Å². The first-order valence-electron chi connectivity index (χ1n) is 10.1. The molecular formula is C23H21F3N4O3. The average molecular weight is 458 g/mol. The van der Waals surface area contributed by atoms with Gasteiger partial charge in [0.25, 0.3) is 5.91 Å². The van der Waals surface area contributed by atoms with E-state index in [4.69, 9.17) is 0 Å². The first-order valence-corrected chi connectivity index (χ1v) is 10.1. The second-order valence-electron chi connectivity index (χ2n) is 8.04. The Morgan fingerprint density at radius 1 is 1.06 bits per heavy atom. The first-order chi connectivity index (χ1) is 15.5. The Balaban J connectivity index is 1.67. The number of para-hydroxylation sites is 1. The zero-order chi connectivity index (χ0) is 24.0. The molecule has 0 aliphatic carbocycles. The van der Waals surface area contributed by atoms with Crippen LogP contribution in [0.5, 0.6) is 5.75 Å². The molecule has 10 heteroatoms. The summed E-state index contributed by atoms with van der Waals surface area (Å²) in [7, 11) is 1.74. The van der Waals surface area contributed by atoms with Gasteiger partial charge in [0.15, 0.2) is 0 Å². The number of benzene rings is 2. The smallest absolute Gasteiger partial charge is 0.406 e. The van der Waals surface area contributed by atoms with Crippen LogP contribution in [0.4, 0.5) is 29.5 Å². The van der Waals surface area contributed by atoms with Crippen molar-refractivity contribution in [1.82, 2.24) is 9.88 Å². The molecule has 0 radical (unpaired) electrons. The van der Waals surface area contributed by atoms with Gasteiger partial charge in [-0.15, -0.1) is 13.2 Å². The number of nitrogens with zero attached hydrogens (tertiary/aromatic N) is 3. The van der Waals surface area contributed by atoms with Crippen molar-refractivity contribution in [1.29, 1.82) is 0 Å². The van der Waals surface area contributed by atoms with E-state index in [1.165, 1.54) is 17.0 Å². The van der Waals surface area contributed by atoms with Gasteiger partial charge in [-0.2, -0.15) is 0 Å². The molecule has 0 unspecified atom stereocenters. The normalized spacial score (nSPS) is 15.9. The predicted octanol–water partition coefficient (Wildman–Crippen LogP) is 4.92. The van der Waals surface area contributed by atoms with Gasteiger partial charge in [-0.05, 0) is 55.8 Å². The maximum absolute atomic E-state index is 13.3. The molecule has 0 spiro atoms. The van der Waals surface area contributed by atoms with Crippen LogP contribution in [0.15, 0.2) is 54.6 Å². The minimum Gasteiger partial charge on any atom is -0.406 e. The van der Waals surface area contributed by atoms with Gasteiger partial charge in [0.05, 0.1) is 11.2 Å². The molecule has 0 bridgehead atoms. The van der Waals surface area contributed by atoms with Gasteiger partial charge in [-0.1, -0.05) is 18.2 Å². The SMILES string of the molecule is CNc1cc(CN2C(=O)N(c3ccc(OC(F)(F)F)cc3)C(=O)C2(C)C)c2ccccc2n1. The number of aromatic nitrogens is 1. The van der Waals surface area contributed by atoms with Crippen LogP contribution in [0.1, 0.15) is 19.4 Å². The molecule has 1 N–H and O–H groups in total. The summed E-state index contributed by atoms with van der Waals surface area (Å²) in [4.78, 5) is 33.4. The predicted molar refractivity (Wildman–Crippen MR) is 117 cm³/mol. The number of rotatable bonds is 5. The third-order valence-electron chi connectivity index (χ3n) is 5.54. The van der Waals surface area contributed by atoms with Crippen molar-refractivity contribution in [3.05, 3.63) is 60.2 Å². The lowest BCUT2D eigenvalue weighted by atomic mass is 10.0. The van der Waals surface area contributed by atoms with E-state index in [1.807, 2.05) is 30.3 Å². The number of fused-ring (bicyclic) bond motifs is 1. The van der Waals surface area contributed by atoms with Crippen LogP contribution >= 0.6 is 0 Å². The summed E-state index contributed by atoms with van der Waals surface area (Å²) in [6.07, 6.45) is -4.83. The highest BCUT2D eigenvalue weighted by Gasteiger charge is 2.51. The van der Waals surface area contributed by atoms with E-state index in [9.17, 15) is 22.8 Å². The fourth-order valence-corrected chi connectivity index (χ4v) is 3.80. The second kappa shape index (κ2) is 7.95. The van der Waals surface area contributed by atoms with Crippen molar-refractivity contribution < 1.29 is 27.5 Å². The Hall–Kier alpha value is -3.82.